The second-order valence-electron chi connectivity index (χ2n) is 23.6. The summed E-state index contributed by atoms with van der Waals surface area (Å²) in [6.07, 6.45) is -0.00852. The maximum Gasteiger partial charge on any atom is 0.433 e. The highest BCUT2D eigenvalue weighted by Gasteiger charge is 2.54. The Kier molecular flexibility index (Phi) is 17.8. The summed E-state index contributed by atoms with van der Waals surface area (Å²) in [6, 6.07) is 27.5. The number of amides is 3. The molecule has 6 fully saturated rings. The fraction of sp³-hybridized carbons (Fsp3) is 0.452. The molecule has 19 nitrogen and oxygen atoms in total. The molecule has 12 rings (SSSR count). The molecular weight excluding hydrogens is 1140 g/mol. The van der Waals surface area contributed by atoms with Crippen molar-refractivity contribution in [2.24, 2.45) is 16.6 Å². The summed E-state index contributed by atoms with van der Waals surface area (Å²) in [5.41, 5.74) is 9.27. The first-order valence-corrected chi connectivity index (χ1v) is 28.9. The minimum absolute atomic E-state index is 0.0118. The molecule has 6 aliphatic rings. The number of hydrogen-bond donors (Lipinski definition) is 3. The smallest absolute Gasteiger partial charge is 0.433 e. The number of halogens is 6. The Morgan fingerprint density at radius 1 is 0.529 bits per heavy atom. The summed E-state index contributed by atoms with van der Waals surface area (Å²) in [7, 11) is 0. The van der Waals surface area contributed by atoms with E-state index in [9.17, 15) is 50.6 Å². The zero-order valence-corrected chi connectivity index (χ0v) is 48.2. The highest BCUT2D eigenvalue weighted by molar-refractivity contribution is 5.90. The van der Waals surface area contributed by atoms with Crippen molar-refractivity contribution in [2.75, 3.05) is 62.2 Å². The average Bonchev–Trinajstić information content (AvgIpc) is 2.33. The predicted molar refractivity (Wildman–Crippen MR) is 306 cm³/mol. The first-order chi connectivity index (χ1) is 41.5. The van der Waals surface area contributed by atoms with Gasteiger partial charge in [-0.15, -0.1) is 10.2 Å². The molecule has 6 aromatic rings. The van der Waals surface area contributed by atoms with Crippen molar-refractivity contribution in [1.29, 1.82) is 0 Å². The van der Waals surface area contributed by atoms with Gasteiger partial charge < -0.3 is 45.2 Å². The van der Waals surface area contributed by atoms with Crippen LogP contribution in [0.4, 0.5) is 37.7 Å². The molecule has 2 spiro atoms. The molecule has 0 unspecified atom stereocenters. The number of carboxylic acids is 1. The number of carboxylic acid groups (broad SMARTS) is 1. The predicted octanol–water partition coefficient (Wildman–Crippen LogP) is 8.45. The van der Waals surface area contributed by atoms with Gasteiger partial charge >= 0.3 is 18.3 Å². The van der Waals surface area contributed by atoms with E-state index in [2.05, 4.69) is 81.9 Å². The van der Waals surface area contributed by atoms with Gasteiger partial charge in [-0.2, -0.15) is 36.5 Å². The molecule has 0 bridgehead atoms. The van der Waals surface area contributed by atoms with E-state index < -0.39 is 40.5 Å². The fourth-order valence-corrected chi connectivity index (χ4v) is 11.5. The molecule has 8 heterocycles. The summed E-state index contributed by atoms with van der Waals surface area (Å²) in [4.78, 5) is 62.8. The van der Waals surface area contributed by atoms with Crippen LogP contribution in [0.5, 0.6) is 11.8 Å². The van der Waals surface area contributed by atoms with Gasteiger partial charge in [-0.1, -0.05) is 36.4 Å². The Labute approximate surface area is 498 Å². The number of carbonyl (C=O) groups excluding carboxylic acids is 3. The lowest BCUT2D eigenvalue weighted by atomic mass is 9.71. The van der Waals surface area contributed by atoms with Gasteiger partial charge in [0.25, 0.3) is 0 Å². The third-order valence-electron chi connectivity index (χ3n) is 17.5. The zero-order chi connectivity index (χ0) is 61.8. The number of nitrogens with zero attached hydrogens (tertiary/aromatic N) is 10. The first kappa shape index (κ1) is 61.6. The summed E-state index contributed by atoms with van der Waals surface area (Å²) in [5, 5.41) is 28.2. The molecule has 2 saturated carbocycles. The van der Waals surface area contributed by atoms with Crippen molar-refractivity contribution in [1.82, 2.24) is 45.5 Å². The number of anilines is 2. The molecule has 4 aromatic heterocycles. The van der Waals surface area contributed by atoms with Crippen LogP contribution in [0.1, 0.15) is 110 Å². The highest BCUT2D eigenvalue weighted by Crippen LogP contribution is 2.49. The molecule has 3 amide bonds. The van der Waals surface area contributed by atoms with Gasteiger partial charge in [-0.3, -0.25) is 29.1 Å². The molecule has 4 aliphatic heterocycles. The van der Waals surface area contributed by atoms with Crippen LogP contribution in [0.25, 0.3) is 0 Å². The van der Waals surface area contributed by atoms with Gasteiger partial charge in [-0.05, 0) is 111 Å². The molecule has 4 N–H and O–H groups in total. The van der Waals surface area contributed by atoms with E-state index in [0.29, 0.717) is 72.1 Å². The molecule has 2 aliphatic carbocycles. The van der Waals surface area contributed by atoms with Gasteiger partial charge in [0.15, 0.2) is 0 Å². The molecule has 87 heavy (non-hydrogen) atoms. The largest absolute Gasteiger partial charge is 0.481 e. The lowest BCUT2D eigenvalue weighted by molar-refractivity contribution is -0.142. The minimum atomic E-state index is -4.49. The van der Waals surface area contributed by atoms with Crippen molar-refractivity contribution in [2.45, 2.75) is 115 Å². The van der Waals surface area contributed by atoms with Crippen LogP contribution < -0.4 is 30.3 Å². The monoisotopic (exact) mass is 1210 g/mol. The Balaban J connectivity index is 0.000000160. The average molecular weight is 1210 g/mol. The Morgan fingerprint density at radius 2 is 0.920 bits per heavy atom. The van der Waals surface area contributed by atoms with E-state index in [1.807, 2.05) is 21.9 Å². The van der Waals surface area contributed by atoms with Crippen molar-refractivity contribution in [3.8, 4) is 11.8 Å². The number of carbonyl (C=O) groups is 4. The van der Waals surface area contributed by atoms with E-state index in [4.69, 9.17) is 15.2 Å². The van der Waals surface area contributed by atoms with Crippen LogP contribution in [-0.2, 0) is 68.7 Å². The Morgan fingerprint density at radius 3 is 1.24 bits per heavy atom. The molecule has 0 radical (unpaired) electrons. The van der Waals surface area contributed by atoms with E-state index in [1.54, 1.807) is 26.0 Å². The SMILES string of the molecule is CC(=O)N1CCC2(CC1)CN(c1ccc(CN)cc1)C2.CC(=O)N1CCC2(CC1)CN(c1ccc(CNC(=O)C3(c4ccc(OCc5ccc(C(F)(F)F)nc5)nn4)CC3)cc1)C2.O=C(O)C1(c2ccc(OCc3ccc(C(F)(F)F)nc3)nn2)CC1. The van der Waals surface area contributed by atoms with Crippen LogP contribution in [0, 0.1) is 10.8 Å². The second kappa shape index (κ2) is 25.1. The number of benzene rings is 2. The number of aromatic nitrogens is 6. The number of nitrogens with two attached hydrogens (primary N) is 1. The summed E-state index contributed by atoms with van der Waals surface area (Å²) >= 11 is 0. The summed E-state index contributed by atoms with van der Waals surface area (Å²) in [5.74, 6) is -0.298. The standard InChI is InChI=1S/C31H33F3N6O3.C16H23N3O.C15H12F3N3O3/c1-21(41)39-14-12-29(13-15-39)19-40(20-29)24-5-2-22(3-6-24)16-36-28(42)30(10-11-30)25-8-9-27(38-37-25)43-18-23-4-7-26(35-17-23)31(32,33)34;1-13(20)18-8-6-16(7-9-18)11-19(12-16)15-4-2-14(10-17)3-5-15;16-15(17,18)11-2-1-9(7-19-11)8-24-12-4-3-10(20-21-12)14(5-6-14)13(22)23/h2-9,17H,10-16,18-20H2,1H3,(H,36,42);2-5H,6-12,17H2,1H3;1-4,7H,5-6,8H2,(H,22,23). The van der Waals surface area contributed by atoms with Crippen molar-refractivity contribution < 1.29 is 60.1 Å². The number of alkyl halides is 6. The lowest BCUT2D eigenvalue weighted by Gasteiger charge is -2.55. The summed E-state index contributed by atoms with van der Waals surface area (Å²) in [6.45, 7) is 12.1. The van der Waals surface area contributed by atoms with Crippen molar-refractivity contribution >= 4 is 35.1 Å². The van der Waals surface area contributed by atoms with E-state index >= 15 is 0 Å². The molecule has 0 atom stereocenters. The third-order valence-corrected chi connectivity index (χ3v) is 17.5. The number of piperidine rings is 2. The number of ether oxygens (including phenoxy) is 2. The first-order valence-electron chi connectivity index (χ1n) is 28.9. The zero-order valence-electron chi connectivity index (χ0n) is 48.2. The van der Waals surface area contributed by atoms with Crippen molar-refractivity contribution in [3.05, 3.63) is 154 Å². The van der Waals surface area contributed by atoms with Gasteiger partial charge in [0.05, 0.1) is 16.8 Å². The van der Waals surface area contributed by atoms with Crippen LogP contribution in [0.2, 0.25) is 0 Å². The highest BCUT2D eigenvalue weighted by atomic mass is 19.4. The number of aliphatic carboxylic acids is 1. The molecular formula is C62H68F6N12O7. The molecule has 25 heteroatoms. The number of nitrogens with one attached hydrogen (secondary N) is 1. The summed E-state index contributed by atoms with van der Waals surface area (Å²) < 4.78 is 86.2. The Bertz CT molecular complexity index is 3360. The minimum Gasteiger partial charge on any atom is -0.481 e. The maximum absolute atomic E-state index is 13.1. The number of pyridine rings is 2. The number of likely N-dealkylation sites (tertiary alicyclic amines) is 2. The van der Waals surface area contributed by atoms with Gasteiger partial charge in [0.1, 0.15) is 30.0 Å². The van der Waals surface area contributed by atoms with Crippen LogP contribution in [-0.4, -0.2) is 121 Å². The lowest BCUT2D eigenvalue weighted by Crippen LogP contribution is -2.60. The third kappa shape index (κ3) is 14.5. The van der Waals surface area contributed by atoms with Gasteiger partial charge in [-0.25, -0.2) is 0 Å². The number of hydrogen-bond acceptors (Lipinski definition) is 15. The topological polar surface area (TPSA) is 235 Å². The maximum atomic E-state index is 13.1. The molecule has 460 valence electrons. The van der Waals surface area contributed by atoms with E-state index in [0.717, 1.165) is 108 Å². The molecule has 2 aromatic carbocycles. The molecule has 4 saturated heterocycles. The normalized spacial score (nSPS) is 18.4. The van der Waals surface area contributed by atoms with Crippen LogP contribution in [0.15, 0.2) is 109 Å². The van der Waals surface area contributed by atoms with Gasteiger partial charge in [0, 0.05) is 137 Å². The number of rotatable bonds is 15. The van der Waals surface area contributed by atoms with E-state index in [-0.39, 0.29) is 42.7 Å². The fourth-order valence-electron chi connectivity index (χ4n) is 11.5. The Hall–Kier alpha value is -8.48. The quantitative estimate of drug-likeness (QED) is 0.0818. The second-order valence-corrected chi connectivity index (χ2v) is 23.6. The van der Waals surface area contributed by atoms with Crippen LogP contribution in [0.3, 0.4) is 0 Å². The van der Waals surface area contributed by atoms with E-state index in [1.165, 1.54) is 41.2 Å². The van der Waals surface area contributed by atoms with Gasteiger partial charge in [0.2, 0.25) is 29.5 Å². The van der Waals surface area contributed by atoms with Crippen LogP contribution >= 0.6 is 0 Å². The van der Waals surface area contributed by atoms with Crippen molar-refractivity contribution in [3.63, 3.8) is 0 Å².